The first kappa shape index (κ1) is 16.7. The second kappa shape index (κ2) is 7.58. The lowest BCUT2D eigenvalue weighted by molar-refractivity contribution is -0.130. The molecule has 4 heteroatoms. The summed E-state index contributed by atoms with van der Waals surface area (Å²) >= 11 is 0. The fraction of sp³-hybridized carbons (Fsp3) is 0.400. The van der Waals surface area contributed by atoms with Crippen LogP contribution in [0, 0.1) is 0 Å². The molecule has 126 valence electrons. The highest BCUT2D eigenvalue weighted by molar-refractivity contribution is 5.77. The molecular weight excluding hydrogens is 298 g/mol. The minimum absolute atomic E-state index is 0.155. The number of pyridine rings is 1. The molecule has 1 aromatic carbocycles. The summed E-state index contributed by atoms with van der Waals surface area (Å²) in [6.07, 6.45) is 3.04. The highest BCUT2D eigenvalue weighted by Gasteiger charge is 2.29. The Bertz CT molecular complexity index is 684. The lowest BCUT2D eigenvalue weighted by atomic mass is 10.1. The van der Waals surface area contributed by atoms with Gasteiger partial charge in [-0.1, -0.05) is 36.4 Å². The van der Waals surface area contributed by atoms with Crippen LogP contribution in [0.2, 0.25) is 0 Å². The highest BCUT2D eigenvalue weighted by Crippen LogP contribution is 2.30. The maximum absolute atomic E-state index is 12.0. The molecular formula is C20H25N3O. The van der Waals surface area contributed by atoms with E-state index in [1.165, 1.54) is 5.56 Å². The van der Waals surface area contributed by atoms with E-state index in [1.807, 2.05) is 20.2 Å². The summed E-state index contributed by atoms with van der Waals surface area (Å²) in [5.41, 5.74) is 3.45. The molecule has 1 aromatic heterocycles. The van der Waals surface area contributed by atoms with E-state index in [0.717, 1.165) is 37.2 Å². The van der Waals surface area contributed by atoms with Crippen LogP contribution in [0.5, 0.6) is 0 Å². The molecule has 1 saturated heterocycles. The van der Waals surface area contributed by atoms with E-state index in [-0.39, 0.29) is 11.9 Å². The molecule has 0 spiro atoms. The van der Waals surface area contributed by atoms with Crippen LogP contribution in [0.4, 0.5) is 0 Å². The van der Waals surface area contributed by atoms with E-state index in [9.17, 15) is 4.79 Å². The second-order valence-electron chi connectivity index (χ2n) is 6.63. The summed E-state index contributed by atoms with van der Waals surface area (Å²) in [4.78, 5) is 20.9. The zero-order chi connectivity index (χ0) is 16.9. The molecule has 0 saturated carbocycles. The van der Waals surface area contributed by atoms with E-state index in [0.29, 0.717) is 6.54 Å². The van der Waals surface area contributed by atoms with Crippen molar-refractivity contribution in [3.63, 3.8) is 0 Å². The lowest BCUT2D eigenvalue weighted by Crippen LogP contribution is -2.36. The molecule has 1 atom stereocenters. The number of hydrogen-bond donors (Lipinski definition) is 0. The number of aromatic nitrogens is 1. The molecule has 0 radical (unpaired) electrons. The second-order valence-corrected chi connectivity index (χ2v) is 6.63. The summed E-state index contributed by atoms with van der Waals surface area (Å²) in [5, 5.41) is 0. The fourth-order valence-electron chi connectivity index (χ4n) is 3.25. The number of likely N-dealkylation sites (N-methyl/N-ethyl adjacent to an activating group) is 1. The van der Waals surface area contributed by atoms with Gasteiger partial charge >= 0.3 is 0 Å². The highest BCUT2D eigenvalue weighted by atomic mass is 16.2. The smallest absolute Gasteiger partial charge is 0.236 e. The van der Waals surface area contributed by atoms with Gasteiger partial charge in [0.1, 0.15) is 0 Å². The zero-order valence-electron chi connectivity index (χ0n) is 14.5. The molecule has 2 heterocycles. The average molecular weight is 323 g/mol. The number of nitrogens with zero attached hydrogens (tertiary/aromatic N) is 3. The number of rotatable bonds is 5. The molecule has 24 heavy (non-hydrogen) atoms. The van der Waals surface area contributed by atoms with Crippen molar-refractivity contribution in [3.05, 3.63) is 65.5 Å². The van der Waals surface area contributed by atoms with Crippen LogP contribution >= 0.6 is 0 Å². The van der Waals surface area contributed by atoms with Crippen molar-refractivity contribution in [2.45, 2.75) is 25.3 Å². The number of carbonyl (C=O) groups is 1. The van der Waals surface area contributed by atoms with Gasteiger partial charge in [0.2, 0.25) is 5.91 Å². The van der Waals surface area contributed by atoms with Crippen LogP contribution in [0.1, 0.15) is 35.8 Å². The van der Waals surface area contributed by atoms with Gasteiger partial charge < -0.3 is 4.90 Å². The van der Waals surface area contributed by atoms with Gasteiger partial charge in [-0.15, -0.1) is 0 Å². The first-order valence-electron chi connectivity index (χ1n) is 8.57. The Balaban J connectivity index is 1.74. The monoisotopic (exact) mass is 323 g/mol. The first-order chi connectivity index (χ1) is 11.6. The Morgan fingerprint density at radius 1 is 1.17 bits per heavy atom. The molecule has 0 bridgehead atoms. The third-order valence-corrected chi connectivity index (χ3v) is 4.60. The summed E-state index contributed by atoms with van der Waals surface area (Å²) in [5.74, 6) is 0.155. The Morgan fingerprint density at radius 2 is 1.96 bits per heavy atom. The first-order valence-corrected chi connectivity index (χ1v) is 8.57. The molecule has 3 rings (SSSR count). The van der Waals surface area contributed by atoms with Crippen LogP contribution in [-0.2, 0) is 11.2 Å². The van der Waals surface area contributed by atoms with Crippen LogP contribution in [0.25, 0.3) is 0 Å². The predicted molar refractivity (Wildman–Crippen MR) is 95.7 cm³/mol. The van der Waals surface area contributed by atoms with Crippen molar-refractivity contribution >= 4 is 5.91 Å². The Kier molecular flexibility index (Phi) is 5.26. The molecule has 4 nitrogen and oxygen atoms in total. The van der Waals surface area contributed by atoms with Crippen molar-refractivity contribution in [3.8, 4) is 0 Å². The molecule has 1 fully saturated rings. The molecule has 0 aliphatic carbocycles. The Hall–Kier alpha value is -2.20. The van der Waals surface area contributed by atoms with Gasteiger partial charge in [0.25, 0.3) is 0 Å². The molecule has 1 aliphatic rings. The van der Waals surface area contributed by atoms with Crippen molar-refractivity contribution in [2.24, 2.45) is 0 Å². The molecule has 1 aliphatic heterocycles. The van der Waals surface area contributed by atoms with Crippen molar-refractivity contribution in [1.29, 1.82) is 0 Å². The van der Waals surface area contributed by atoms with Gasteiger partial charge in [0, 0.05) is 26.2 Å². The standard InChI is InChI=1S/C20H25N3O/c1-22(2)20(24)15-23-13-7-12-19(23)18-11-6-10-17(21-18)14-16-8-4-3-5-9-16/h3-6,8-11,19H,7,12-15H2,1-2H3. The Morgan fingerprint density at radius 3 is 2.71 bits per heavy atom. The average Bonchev–Trinajstić information content (AvgIpc) is 3.04. The summed E-state index contributed by atoms with van der Waals surface area (Å²) in [6, 6.07) is 16.9. The summed E-state index contributed by atoms with van der Waals surface area (Å²) < 4.78 is 0. The van der Waals surface area contributed by atoms with Crippen molar-refractivity contribution in [2.75, 3.05) is 27.2 Å². The van der Waals surface area contributed by atoms with E-state index in [2.05, 4.69) is 47.4 Å². The predicted octanol–water partition coefficient (Wildman–Crippen LogP) is 2.90. The van der Waals surface area contributed by atoms with Crippen molar-refractivity contribution in [1.82, 2.24) is 14.8 Å². The lowest BCUT2D eigenvalue weighted by Gasteiger charge is -2.25. The van der Waals surface area contributed by atoms with Gasteiger partial charge in [-0.25, -0.2) is 0 Å². The Labute approximate surface area is 144 Å². The van der Waals surface area contributed by atoms with E-state index in [4.69, 9.17) is 4.98 Å². The number of likely N-dealkylation sites (tertiary alicyclic amines) is 1. The number of hydrogen-bond acceptors (Lipinski definition) is 3. The van der Waals surface area contributed by atoms with Gasteiger partial charge in [-0.05, 0) is 37.1 Å². The molecule has 0 N–H and O–H groups in total. The van der Waals surface area contributed by atoms with Crippen molar-refractivity contribution < 1.29 is 4.79 Å². The number of benzene rings is 1. The quantitative estimate of drug-likeness (QED) is 0.849. The molecule has 1 amide bonds. The molecule has 2 aromatic rings. The van der Waals surface area contributed by atoms with Gasteiger partial charge in [0.15, 0.2) is 0 Å². The van der Waals surface area contributed by atoms with Gasteiger partial charge in [-0.2, -0.15) is 0 Å². The van der Waals surface area contributed by atoms with Crippen LogP contribution in [0.3, 0.4) is 0 Å². The number of carbonyl (C=O) groups excluding carboxylic acids is 1. The normalized spacial score (nSPS) is 17.8. The minimum atomic E-state index is 0.155. The largest absolute Gasteiger partial charge is 0.348 e. The summed E-state index contributed by atoms with van der Waals surface area (Å²) in [6.45, 7) is 1.44. The van der Waals surface area contributed by atoms with Gasteiger partial charge in [0.05, 0.1) is 18.3 Å². The third-order valence-electron chi connectivity index (χ3n) is 4.60. The topological polar surface area (TPSA) is 36.4 Å². The summed E-state index contributed by atoms with van der Waals surface area (Å²) in [7, 11) is 3.62. The van der Waals surface area contributed by atoms with Crippen LogP contribution in [-0.4, -0.2) is 47.9 Å². The van der Waals surface area contributed by atoms with Gasteiger partial charge in [-0.3, -0.25) is 14.7 Å². The van der Waals surface area contributed by atoms with E-state index < -0.39 is 0 Å². The third kappa shape index (κ3) is 4.01. The van der Waals surface area contributed by atoms with E-state index in [1.54, 1.807) is 4.90 Å². The maximum atomic E-state index is 12.0. The minimum Gasteiger partial charge on any atom is -0.348 e. The number of amides is 1. The fourth-order valence-corrected chi connectivity index (χ4v) is 3.25. The molecule has 1 unspecified atom stereocenters. The SMILES string of the molecule is CN(C)C(=O)CN1CCCC1c1cccc(Cc2ccccc2)n1. The zero-order valence-corrected chi connectivity index (χ0v) is 14.5. The maximum Gasteiger partial charge on any atom is 0.236 e. The van der Waals surface area contributed by atoms with Crippen LogP contribution < -0.4 is 0 Å². The van der Waals surface area contributed by atoms with Crippen LogP contribution in [0.15, 0.2) is 48.5 Å². The van der Waals surface area contributed by atoms with E-state index >= 15 is 0 Å².